The van der Waals surface area contributed by atoms with Gasteiger partial charge in [0.05, 0.1) is 10.5 Å². The predicted molar refractivity (Wildman–Crippen MR) is 67.6 cm³/mol. The van der Waals surface area contributed by atoms with Gasteiger partial charge in [0.15, 0.2) is 0 Å². The van der Waals surface area contributed by atoms with E-state index < -0.39 is 26.7 Å². The Morgan fingerprint density at radius 1 is 1.26 bits per heavy atom. The van der Waals surface area contributed by atoms with Crippen molar-refractivity contribution in [1.29, 1.82) is 0 Å². The van der Waals surface area contributed by atoms with Crippen LogP contribution in [0.1, 0.15) is 12.0 Å². The lowest BCUT2D eigenvalue weighted by molar-refractivity contribution is -0.137. The fourth-order valence-electron chi connectivity index (χ4n) is 1.23. The monoisotopic (exact) mass is 318 g/mol. The standard InChI is InChI=1S/C10H13F3N2O2S.ClH/c11-10(12,13)8-3-1-4-9(7-8)18(16,17)15-6-2-5-14;/h1,3-4,7,15H,2,5-6,14H2;1H. The molecular weight excluding hydrogens is 305 g/mol. The number of halogens is 4. The van der Waals surface area contributed by atoms with Crippen LogP contribution < -0.4 is 10.5 Å². The van der Waals surface area contributed by atoms with Crippen molar-refractivity contribution in [3.05, 3.63) is 29.8 Å². The van der Waals surface area contributed by atoms with Crippen LogP contribution in [0.3, 0.4) is 0 Å². The highest BCUT2D eigenvalue weighted by Crippen LogP contribution is 2.30. The van der Waals surface area contributed by atoms with E-state index in [1.807, 2.05) is 0 Å². The summed E-state index contributed by atoms with van der Waals surface area (Å²) in [5, 5.41) is 0. The molecule has 9 heteroatoms. The number of rotatable bonds is 5. The van der Waals surface area contributed by atoms with Gasteiger partial charge in [-0.1, -0.05) is 6.07 Å². The molecule has 0 atom stereocenters. The first kappa shape index (κ1) is 18.2. The maximum absolute atomic E-state index is 12.4. The van der Waals surface area contributed by atoms with Gasteiger partial charge in [-0.15, -0.1) is 12.4 Å². The van der Waals surface area contributed by atoms with Crippen LogP contribution in [0.5, 0.6) is 0 Å². The van der Waals surface area contributed by atoms with Crippen LogP contribution in [0.2, 0.25) is 0 Å². The molecule has 3 N–H and O–H groups in total. The normalized spacial score (nSPS) is 12.0. The summed E-state index contributed by atoms with van der Waals surface area (Å²) in [5.41, 5.74) is 4.20. The van der Waals surface area contributed by atoms with Crippen LogP contribution in [0, 0.1) is 0 Å². The second-order valence-electron chi connectivity index (χ2n) is 3.57. The summed E-state index contributed by atoms with van der Waals surface area (Å²) in [6, 6.07) is 3.59. The summed E-state index contributed by atoms with van der Waals surface area (Å²) < 4.78 is 62.8. The van der Waals surface area contributed by atoms with Gasteiger partial charge in [-0.05, 0) is 31.2 Å². The minimum atomic E-state index is -4.57. The van der Waals surface area contributed by atoms with Crippen molar-refractivity contribution < 1.29 is 21.6 Å². The Kier molecular flexibility index (Phi) is 6.78. The highest BCUT2D eigenvalue weighted by atomic mass is 35.5. The Bertz CT molecular complexity index is 506. The molecular formula is C10H14ClF3N2O2S. The lowest BCUT2D eigenvalue weighted by atomic mass is 10.2. The molecule has 4 nitrogen and oxygen atoms in total. The summed E-state index contributed by atoms with van der Waals surface area (Å²) in [6.07, 6.45) is -4.15. The molecule has 0 amide bonds. The van der Waals surface area contributed by atoms with Crippen LogP contribution in [0.15, 0.2) is 29.2 Å². The Morgan fingerprint density at radius 3 is 2.42 bits per heavy atom. The summed E-state index contributed by atoms with van der Waals surface area (Å²) in [4.78, 5) is -0.408. The highest BCUT2D eigenvalue weighted by Gasteiger charge is 2.31. The van der Waals surface area contributed by atoms with Crippen LogP contribution >= 0.6 is 12.4 Å². The van der Waals surface area contributed by atoms with Crippen molar-refractivity contribution in [2.24, 2.45) is 5.73 Å². The highest BCUT2D eigenvalue weighted by molar-refractivity contribution is 7.89. The summed E-state index contributed by atoms with van der Waals surface area (Å²) in [5.74, 6) is 0. The molecule has 19 heavy (non-hydrogen) atoms. The van der Waals surface area contributed by atoms with E-state index >= 15 is 0 Å². The van der Waals surface area contributed by atoms with E-state index in [-0.39, 0.29) is 19.0 Å². The molecule has 0 aromatic heterocycles. The molecule has 1 aromatic rings. The van der Waals surface area contributed by atoms with Crippen molar-refractivity contribution in [3.8, 4) is 0 Å². The van der Waals surface area contributed by atoms with Gasteiger partial charge in [0.1, 0.15) is 0 Å². The van der Waals surface area contributed by atoms with Gasteiger partial charge >= 0.3 is 6.18 Å². The molecule has 1 aromatic carbocycles. The number of sulfonamides is 1. The van der Waals surface area contributed by atoms with Gasteiger partial charge in [0.25, 0.3) is 0 Å². The van der Waals surface area contributed by atoms with Crippen molar-refractivity contribution >= 4 is 22.4 Å². The number of hydrogen-bond donors (Lipinski definition) is 2. The topological polar surface area (TPSA) is 72.2 Å². The predicted octanol–water partition coefficient (Wildman–Crippen LogP) is 1.75. The van der Waals surface area contributed by atoms with E-state index in [4.69, 9.17) is 5.73 Å². The zero-order chi connectivity index (χ0) is 13.8. The lowest BCUT2D eigenvalue weighted by Gasteiger charge is -2.10. The van der Waals surface area contributed by atoms with Crippen molar-refractivity contribution in [3.63, 3.8) is 0 Å². The summed E-state index contributed by atoms with van der Waals surface area (Å²) in [6.45, 7) is 0.389. The molecule has 0 aliphatic heterocycles. The fourth-order valence-corrected chi connectivity index (χ4v) is 2.35. The maximum Gasteiger partial charge on any atom is 0.416 e. The van der Waals surface area contributed by atoms with Crippen LogP contribution in [-0.2, 0) is 16.2 Å². The molecule has 110 valence electrons. The first-order valence-corrected chi connectivity index (χ1v) is 6.62. The van der Waals surface area contributed by atoms with E-state index in [2.05, 4.69) is 4.72 Å². The first-order valence-electron chi connectivity index (χ1n) is 5.14. The molecule has 0 saturated heterocycles. The quantitative estimate of drug-likeness (QED) is 0.813. The molecule has 1 rings (SSSR count). The second kappa shape index (κ2) is 7.09. The van der Waals surface area contributed by atoms with E-state index in [1.165, 1.54) is 0 Å². The number of benzene rings is 1. The third-order valence-corrected chi connectivity index (χ3v) is 3.60. The summed E-state index contributed by atoms with van der Waals surface area (Å²) >= 11 is 0. The minimum Gasteiger partial charge on any atom is -0.330 e. The van der Waals surface area contributed by atoms with Gasteiger partial charge in [0.2, 0.25) is 10.0 Å². The van der Waals surface area contributed by atoms with Crippen molar-refractivity contribution in [1.82, 2.24) is 4.72 Å². The first-order chi connectivity index (χ1) is 8.27. The number of hydrogen-bond acceptors (Lipinski definition) is 3. The fraction of sp³-hybridized carbons (Fsp3) is 0.400. The molecule has 0 saturated carbocycles. The maximum atomic E-state index is 12.4. The summed E-state index contributed by atoms with van der Waals surface area (Å²) in [7, 11) is -3.92. The average molecular weight is 319 g/mol. The Balaban J connectivity index is 0.00000324. The molecule has 0 heterocycles. The largest absolute Gasteiger partial charge is 0.416 e. The number of nitrogens with two attached hydrogens (primary N) is 1. The van der Waals surface area contributed by atoms with Gasteiger partial charge in [-0.2, -0.15) is 13.2 Å². The van der Waals surface area contributed by atoms with Crippen LogP contribution in [0.25, 0.3) is 0 Å². The molecule has 0 spiro atoms. The van der Waals surface area contributed by atoms with E-state index in [1.54, 1.807) is 0 Å². The third kappa shape index (κ3) is 5.35. The SMILES string of the molecule is Cl.NCCCNS(=O)(=O)c1cccc(C(F)(F)F)c1. The van der Waals surface area contributed by atoms with Gasteiger partial charge in [-0.3, -0.25) is 0 Å². The average Bonchev–Trinajstić information content (AvgIpc) is 2.28. The van der Waals surface area contributed by atoms with E-state index in [0.717, 1.165) is 18.2 Å². The second-order valence-corrected chi connectivity index (χ2v) is 5.33. The zero-order valence-electron chi connectivity index (χ0n) is 9.77. The Labute approximate surface area is 115 Å². The lowest BCUT2D eigenvalue weighted by Crippen LogP contribution is -2.26. The van der Waals surface area contributed by atoms with Crippen LogP contribution in [-0.4, -0.2) is 21.5 Å². The van der Waals surface area contributed by atoms with Gasteiger partial charge in [0, 0.05) is 6.54 Å². The van der Waals surface area contributed by atoms with E-state index in [9.17, 15) is 21.6 Å². The van der Waals surface area contributed by atoms with Crippen LogP contribution in [0.4, 0.5) is 13.2 Å². The minimum absolute atomic E-state index is 0. The Morgan fingerprint density at radius 2 is 1.89 bits per heavy atom. The molecule has 0 bridgehead atoms. The molecule has 0 radical (unpaired) electrons. The molecule has 0 unspecified atom stereocenters. The van der Waals surface area contributed by atoms with E-state index in [0.29, 0.717) is 19.0 Å². The Hall–Kier alpha value is -0.830. The zero-order valence-corrected chi connectivity index (χ0v) is 11.4. The van der Waals surface area contributed by atoms with Gasteiger partial charge < -0.3 is 5.73 Å². The molecule has 0 fully saturated rings. The van der Waals surface area contributed by atoms with Crippen molar-refractivity contribution in [2.75, 3.05) is 13.1 Å². The van der Waals surface area contributed by atoms with Crippen molar-refractivity contribution in [2.45, 2.75) is 17.5 Å². The number of alkyl halides is 3. The smallest absolute Gasteiger partial charge is 0.330 e. The number of nitrogens with one attached hydrogen (secondary N) is 1. The molecule has 0 aliphatic carbocycles. The van der Waals surface area contributed by atoms with Gasteiger partial charge in [-0.25, -0.2) is 13.1 Å². The third-order valence-electron chi connectivity index (χ3n) is 2.14. The molecule has 0 aliphatic rings.